The lowest BCUT2D eigenvalue weighted by molar-refractivity contribution is -0.0000235. The van der Waals surface area contributed by atoms with Gasteiger partial charge in [0.1, 0.15) is 19.8 Å². The summed E-state index contributed by atoms with van der Waals surface area (Å²) in [7, 11) is 2.00. The van der Waals surface area contributed by atoms with Gasteiger partial charge in [0.2, 0.25) is 0 Å². The molecule has 1 aromatic rings. The highest BCUT2D eigenvalue weighted by Crippen LogP contribution is 2.30. The summed E-state index contributed by atoms with van der Waals surface area (Å²) in [5.74, 6) is 0.941. The van der Waals surface area contributed by atoms with E-state index in [0.29, 0.717) is 49.5 Å². The van der Waals surface area contributed by atoms with Crippen molar-refractivity contribution in [2.45, 2.75) is 19.9 Å². The predicted molar refractivity (Wildman–Crippen MR) is 75.5 cm³/mol. The van der Waals surface area contributed by atoms with Gasteiger partial charge in [0, 0.05) is 12.6 Å². The van der Waals surface area contributed by atoms with E-state index < -0.39 is 0 Å². The first kappa shape index (κ1) is 17.6. The molecule has 0 spiro atoms. The molecular formula is C15H21ClNO4-. The third-order valence-corrected chi connectivity index (χ3v) is 3.34. The van der Waals surface area contributed by atoms with Crippen molar-refractivity contribution in [3.63, 3.8) is 0 Å². The lowest BCUT2D eigenvalue weighted by atomic mass is 10.2. The van der Waals surface area contributed by atoms with Gasteiger partial charge in [-0.15, -0.1) is 0 Å². The predicted octanol–water partition coefficient (Wildman–Crippen LogP) is -1.04. The van der Waals surface area contributed by atoms with Crippen molar-refractivity contribution in [3.05, 3.63) is 23.8 Å². The molecule has 0 bridgehead atoms. The van der Waals surface area contributed by atoms with E-state index in [-0.39, 0.29) is 18.4 Å². The number of esters is 1. The van der Waals surface area contributed by atoms with Gasteiger partial charge in [-0.25, -0.2) is 4.79 Å². The molecule has 1 heterocycles. The van der Waals surface area contributed by atoms with Crippen LogP contribution in [-0.4, -0.2) is 50.3 Å². The monoisotopic (exact) mass is 314 g/mol. The quantitative estimate of drug-likeness (QED) is 0.650. The molecule has 0 saturated carbocycles. The van der Waals surface area contributed by atoms with Gasteiger partial charge in [0.15, 0.2) is 11.5 Å². The van der Waals surface area contributed by atoms with Crippen molar-refractivity contribution in [2.75, 3.05) is 33.4 Å². The zero-order chi connectivity index (χ0) is 14.5. The maximum atomic E-state index is 11.9. The molecule has 5 nitrogen and oxygen atoms in total. The Bertz CT molecular complexity index is 479. The Morgan fingerprint density at radius 2 is 1.95 bits per heavy atom. The fourth-order valence-electron chi connectivity index (χ4n) is 1.79. The summed E-state index contributed by atoms with van der Waals surface area (Å²) in [6.07, 6.45) is 0. The number of hydrogen-bond donors (Lipinski definition) is 0. The first-order valence-electron chi connectivity index (χ1n) is 6.85. The molecule has 0 aliphatic carbocycles. The average molecular weight is 315 g/mol. The molecule has 6 heteroatoms. The maximum Gasteiger partial charge on any atom is 0.338 e. The van der Waals surface area contributed by atoms with Crippen molar-refractivity contribution < 1.29 is 31.4 Å². The van der Waals surface area contributed by atoms with Crippen LogP contribution in [0.1, 0.15) is 24.2 Å². The van der Waals surface area contributed by atoms with E-state index in [4.69, 9.17) is 14.2 Å². The summed E-state index contributed by atoms with van der Waals surface area (Å²) in [5.41, 5.74) is 0.487. The number of likely N-dealkylation sites (N-methyl/N-ethyl adjacent to an activating group) is 1. The van der Waals surface area contributed by atoms with Crippen molar-refractivity contribution in [1.29, 1.82) is 0 Å². The Hall–Kier alpha value is -1.46. The van der Waals surface area contributed by atoms with E-state index in [1.165, 1.54) is 0 Å². The molecule has 1 aliphatic heterocycles. The number of carbonyl (C=O) groups is 1. The largest absolute Gasteiger partial charge is 1.00 e. The molecule has 1 aromatic carbocycles. The van der Waals surface area contributed by atoms with Gasteiger partial charge in [0.25, 0.3) is 0 Å². The number of fused-ring (bicyclic) bond motifs is 1. The lowest BCUT2D eigenvalue weighted by Gasteiger charge is -2.21. The Labute approximate surface area is 131 Å². The van der Waals surface area contributed by atoms with Gasteiger partial charge in [-0.3, -0.25) is 0 Å². The molecule has 0 N–H and O–H groups in total. The molecule has 0 unspecified atom stereocenters. The fourth-order valence-corrected chi connectivity index (χ4v) is 1.79. The molecule has 0 atom stereocenters. The molecule has 2 rings (SSSR count). The third-order valence-electron chi connectivity index (χ3n) is 3.34. The van der Waals surface area contributed by atoms with Gasteiger partial charge in [-0.05, 0) is 39.1 Å². The number of rotatable bonds is 5. The number of benzene rings is 1. The van der Waals surface area contributed by atoms with E-state index in [2.05, 4.69) is 18.7 Å². The smallest absolute Gasteiger partial charge is 0.338 e. The molecule has 0 fully saturated rings. The minimum absolute atomic E-state index is 0. The highest BCUT2D eigenvalue weighted by molar-refractivity contribution is 5.90. The summed E-state index contributed by atoms with van der Waals surface area (Å²) in [5, 5.41) is 0. The van der Waals surface area contributed by atoms with E-state index in [0.717, 1.165) is 0 Å². The van der Waals surface area contributed by atoms with Crippen molar-refractivity contribution >= 4 is 5.97 Å². The van der Waals surface area contributed by atoms with Gasteiger partial charge in [-0.1, -0.05) is 0 Å². The maximum absolute atomic E-state index is 11.9. The zero-order valence-electron chi connectivity index (χ0n) is 12.6. The first-order valence-corrected chi connectivity index (χ1v) is 6.85. The van der Waals surface area contributed by atoms with Gasteiger partial charge in [0.05, 0.1) is 5.56 Å². The second-order valence-corrected chi connectivity index (χ2v) is 5.07. The van der Waals surface area contributed by atoms with Crippen LogP contribution in [0.4, 0.5) is 0 Å². The molecule has 0 radical (unpaired) electrons. The minimum atomic E-state index is -0.334. The summed E-state index contributed by atoms with van der Waals surface area (Å²) < 4.78 is 16.1. The zero-order valence-corrected chi connectivity index (χ0v) is 13.4. The van der Waals surface area contributed by atoms with Crippen LogP contribution in [-0.2, 0) is 4.74 Å². The second kappa shape index (κ2) is 8.10. The Kier molecular flexibility index (Phi) is 6.78. The topological polar surface area (TPSA) is 48.0 Å². The van der Waals surface area contributed by atoms with Crippen molar-refractivity contribution in [2.24, 2.45) is 0 Å². The Morgan fingerprint density at radius 1 is 1.29 bits per heavy atom. The highest BCUT2D eigenvalue weighted by atomic mass is 35.5. The van der Waals surface area contributed by atoms with Gasteiger partial charge in [-0.2, -0.15) is 0 Å². The van der Waals surface area contributed by atoms with Crippen LogP contribution in [0, 0.1) is 0 Å². The molecule has 0 amide bonds. The van der Waals surface area contributed by atoms with Crippen LogP contribution < -0.4 is 21.9 Å². The Balaban J connectivity index is 0.00000220. The standard InChI is InChI=1S/C15H21NO4.ClH/c1-11(2)16(3)6-7-20-15(17)12-4-5-13-14(10-12)19-9-8-18-13;/h4-5,10-11H,6-9H2,1-3H3;1H/p-1. The second-order valence-electron chi connectivity index (χ2n) is 5.07. The van der Waals surface area contributed by atoms with E-state index >= 15 is 0 Å². The SMILES string of the molecule is CC(C)N(C)CCOC(=O)c1ccc2c(c1)OCCO2.[Cl-]. The van der Waals surface area contributed by atoms with Crippen LogP contribution in [0.5, 0.6) is 11.5 Å². The molecule has 21 heavy (non-hydrogen) atoms. The molecule has 0 aromatic heterocycles. The van der Waals surface area contributed by atoms with Crippen molar-refractivity contribution in [1.82, 2.24) is 4.90 Å². The summed E-state index contributed by atoms with van der Waals surface area (Å²) >= 11 is 0. The van der Waals surface area contributed by atoms with Crippen LogP contribution in [0.3, 0.4) is 0 Å². The number of nitrogens with zero attached hydrogens (tertiary/aromatic N) is 1. The van der Waals surface area contributed by atoms with Crippen LogP contribution in [0.25, 0.3) is 0 Å². The lowest BCUT2D eigenvalue weighted by Crippen LogP contribution is -3.00. The summed E-state index contributed by atoms with van der Waals surface area (Å²) in [4.78, 5) is 14.1. The van der Waals surface area contributed by atoms with Gasteiger partial charge < -0.3 is 31.5 Å². The molecular weight excluding hydrogens is 294 g/mol. The van der Waals surface area contributed by atoms with Crippen LogP contribution in [0.15, 0.2) is 18.2 Å². The first-order chi connectivity index (χ1) is 9.58. The third kappa shape index (κ3) is 4.79. The number of carbonyl (C=O) groups excluding carboxylic acids is 1. The number of ether oxygens (including phenoxy) is 3. The van der Waals surface area contributed by atoms with Crippen molar-refractivity contribution in [3.8, 4) is 11.5 Å². The molecule has 0 saturated heterocycles. The highest BCUT2D eigenvalue weighted by Gasteiger charge is 2.15. The fraction of sp³-hybridized carbons (Fsp3) is 0.533. The average Bonchev–Trinajstić information content (AvgIpc) is 2.46. The molecule has 118 valence electrons. The number of hydrogen-bond acceptors (Lipinski definition) is 5. The van der Waals surface area contributed by atoms with Crippen LogP contribution >= 0.6 is 0 Å². The van der Waals surface area contributed by atoms with E-state index in [1.807, 2.05) is 7.05 Å². The van der Waals surface area contributed by atoms with Crippen LogP contribution in [0.2, 0.25) is 0 Å². The number of halogens is 1. The molecule has 1 aliphatic rings. The van der Waals surface area contributed by atoms with E-state index in [1.54, 1.807) is 18.2 Å². The minimum Gasteiger partial charge on any atom is -1.00 e. The summed E-state index contributed by atoms with van der Waals surface area (Å²) in [6.45, 7) is 6.34. The normalized spacial score (nSPS) is 13.0. The summed E-state index contributed by atoms with van der Waals surface area (Å²) in [6, 6.07) is 5.54. The van der Waals surface area contributed by atoms with E-state index in [9.17, 15) is 4.79 Å². The van der Waals surface area contributed by atoms with Gasteiger partial charge >= 0.3 is 5.97 Å². The Morgan fingerprint density at radius 3 is 2.62 bits per heavy atom.